The lowest BCUT2D eigenvalue weighted by atomic mass is 10.0. The summed E-state index contributed by atoms with van der Waals surface area (Å²) in [5.74, 6) is -0.268. The lowest BCUT2D eigenvalue weighted by Gasteiger charge is -2.24. The maximum absolute atomic E-state index is 11.1. The Morgan fingerprint density at radius 2 is 2.44 bits per heavy atom. The molecule has 1 rings (SSSR count). The number of aliphatic carboxylic acids is 1. The lowest BCUT2D eigenvalue weighted by molar-refractivity contribution is -0.146. The second kappa shape index (κ2) is 5.09. The molecule has 0 radical (unpaired) electrons. The van der Waals surface area contributed by atoms with Crippen LogP contribution in [-0.4, -0.2) is 35.5 Å². The van der Waals surface area contributed by atoms with Crippen LogP contribution in [0.25, 0.3) is 0 Å². The van der Waals surface area contributed by atoms with Gasteiger partial charge in [-0.2, -0.15) is 0 Å². The molecule has 1 aromatic heterocycles. The van der Waals surface area contributed by atoms with E-state index < -0.39 is 11.5 Å². The van der Waals surface area contributed by atoms with E-state index in [0.717, 1.165) is 0 Å². The van der Waals surface area contributed by atoms with Crippen molar-refractivity contribution in [1.82, 2.24) is 10.5 Å². The fourth-order valence-electron chi connectivity index (χ4n) is 1.26. The minimum atomic E-state index is -1.12. The molecule has 0 spiro atoms. The second-order valence-corrected chi connectivity index (χ2v) is 3.85. The van der Waals surface area contributed by atoms with Gasteiger partial charge < -0.3 is 14.4 Å². The third-order valence-electron chi connectivity index (χ3n) is 2.24. The number of carboxylic acid groups (broad SMARTS) is 1. The Balaban J connectivity index is 2.60. The number of hydrogen-bond donors (Lipinski definition) is 2. The molecule has 6 heteroatoms. The van der Waals surface area contributed by atoms with Crippen LogP contribution in [0.4, 0.5) is 0 Å². The van der Waals surface area contributed by atoms with Crippen molar-refractivity contribution in [2.24, 2.45) is 0 Å². The van der Waals surface area contributed by atoms with E-state index in [1.165, 1.54) is 7.11 Å². The molecule has 0 aliphatic rings. The van der Waals surface area contributed by atoms with E-state index in [-0.39, 0.29) is 6.61 Å². The Hall–Kier alpha value is -1.40. The van der Waals surface area contributed by atoms with Crippen molar-refractivity contribution in [2.45, 2.75) is 25.9 Å². The summed E-state index contributed by atoms with van der Waals surface area (Å²) in [5.41, 5.74) is -0.456. The van der Waals surface area contributed by atoms with E-state index in [0.29, 0.717) is 18.0 Å². The van der Waals surface area contributed by atoms with E-state index in [9.17, 15) is 4.79 Å². The highest BCUT2D eigenvalue weighted by Gasteiger charge is 2.32. The maximum Gasteiger partial charge on any atom is 0.326 e. The summed E-state index contributed by atoms with van der Waals surface area (Å²) < 4.78 is 9.76. The smallest absolute Gasteiger partial charge is 0.326 e. The molecular weight excluding hydrogens is 212 g/mol. The summed E-state index contributed by atoms with van der Waals surface area (Å²) in [5, 5.41) is 15.7. The van der Waals surface area contributed by atoms with E-state index in [4.69, 9.17) is 14.4 Å². The molecule has 0 aromatic carbocycles. The molecule has 90 valence electrons. The third-order valence-corrected chi connectivity index (χ3v) is 2.24. The molecule has 2 N–H and O–H groups in total. The predicted octanol–water partition coefficient (Wildman–Crippen LogP) is 0.562. The van der Waals surface area contributed by atoms with Gasteiger partial charge in [0.15, 0.2) is 0 Å². The van der Waals surface area contributed by atoms with Crippen molar-refractivity contribution < 1.29 is 19.2 Å². The van der Waals surface area contributed by atoms with Gasteiger partial charge in [-0.25, -0.2) is 0 Å². The number of carbonyl (C=O) groups is 1. The number of methoxy groups -OCH3 is 1. The fourth-order valence-corrected chi connectivity index (χ4v) is 1.26. The molecule has 0 aliphatic carbocycles. The second-order valence-electron chi connectivity index (χ2n) is 3.85. The van der Waals surface area contributed by atoms with Gasteiger partial charge in [0.05, 0.1) is 12.3 Å². The first-order valence-corrected chi connectivity index (χ1v) is 4.87. The van der Waals surface area contributed by atoms with E-state index in [1.54, 1.807) is 19.9 Å². The summed E-state index contributed by atoms with van der Waals surface area (Å²) in [4.78, 5) is 11.1. The quantitative estimate of drug-likeness (QED) is 0.740. The normalized spacial score (nSPS) is 14.7. The number of hydrogen-bond acceptors (Lipinski definition) is 5. The molecule has 1 unspecified atom stereocenters. The number of aromatic nitrogens is 1. The van der Waals surface area contributed by atoms with E-state index in [1.807, 2.05) is 0 Å². The summed E-state index contributed by atoms with van der Waals surface area (Å²) in [6.07, 6.45) is 0. The first-order valence-electron chi connectivity index (χ1n) is 4.87. The largest absolute Gasteiger partial charge is 0.480 e. The highest BCUT2D eigenvalue weighted by molar-refractivity contribution is 5.78. The van der Waals surface area contributed by atoms with E-state index >= 15 is 0 Å². The van der Waals surface area contributed by atoms with Crippen LogP contribution in [0.2, 0.25) is 0 Å². The molecule has 6 nitrogen and oxygen atoms in total. The zero-order valence-corrected chi connectivity index (χ0v) is 9.61. The van der Waals surface area contributed by atoms with Crippen LogP contribution in [0.15, 0.2) is 10.6 Å². The third kappa shape index (κ3) is 3.04. The summed E-state index contributed by atoms with van der Waals surface area (Å²) >= 11 is 0. The number of ether oxygens (including phenoxy) is 1. The zero-order valence-electron chi connectivity index (χ0n) is 9.61. The lowest BCUT2D eigenvalue weighted by Crippen LogP contribution is -2.52. The molecule has 16 heavy (non-hydrogen) atoms. The van der Waals surface area contributed by atoms with Gasteiger partial charge in [0, 0.05) is 19.7 Å². The van der Waals surface area contributed by atoms with Gasteiger partial charge >= 0.3 is 5.97 Å². The van der Waals surface area contributed by atoms with Crippen molar-refractivity contribution >= 4 is 5.97 Å². The Bertz CT molecular complexity index is 363. The zero-order chi connectivity index (χ0) is 12.2. The molecule has 0 bridgehead atoms. The Morgan fingerprint density at radius 1 is 1.75 bits per heavy atom. The van der Waals surface area contributed by atoms with Crippen LogP contribution in [0.5, 0.6) is 0 Å². The Morgan fingerprint density at radius 3 is 2.88 bits per heavy atom. The van der Waals surface area contributed by atoms with Gasteiger partial charge in [-0.3, -0.25) is 10.1 Å². The Kier molecular flexibility index (Phi) is 4.03. The first-order chi connectivity index (χ1) is 7.48. The monoisotopic (exact) mass is 228 g/mol. The molecule has 1 aromatic rings. The van der Waals surface area contributed by atoms with Crippen LogP contribution < -0.4 is 5.32 Å². The molecular formula is C10H16N2O4. The molecule has 0 amide bonds. The van der Waals surface area contributed by atoms with Crippen molar-refractivity contribution in [3.8, 4) is 0 Å². The van der Waals surface area contributed by atoms with Gasteiger partial charge in [-0.05, 0) is 13.8 Å². The summed E-state index contributed by atoms with van der Waals surface area (Å²) in [6.45, 7) is 3.75. The molecule has 1 atom stereocenters. The van der Waals surface area contributed by atoms with E-state index in [2.05, 4.69) is 10.5 Å². The van der Waals surface area contributed by atoms with Gasteiger partial charge in [-0.1, -0.05) is 5.16 Å². The molecule has 0 saturated heterocycles. The first kappa shape index (κ1) is 12.7. The van der Waals surface area contributed by atoms with Gasteiger partial charge in [-0.15, -0.1) is 0 Å². The average Bonchev–Trinajstić information content (AvgIpc) is 2.61. The number of rotatable bonds is 6. The molecule has 0 fully saturated rings. The number of carboxylic acids is 1. The predicted molar refractivity (Wildman–Crippen MR) is 56.0 cm³/mol. The van der Waals surface area contributed by atoms with Crippen LogP contribution >= 0.6 is 0 Å². The van der Waals surface area contributed by atoms with Crippen LogP contribution in [0.3, 0.4) is 0 Å². The van der Waals surface area contributed by atoms with Crippen LogP contribution in [0.1, 0.15) is 18.4 Å². The maximum atomic E-state index is 11.1. The fraction of sp³-hybridized carbons (Fsp3) is 0.600. The van der Waals surface area contributed by atoms with Crippen LogP contribution in [0, 0.1) is 6.92 Å². The molecule has 0 aliphatic heterocycles. The van der Waals surface area contributed by atoms with Gasteiger partial charge in [0.25, 0.3) is 0 Å². The van der Waals surface area contributed by atoms with Crippen LogP contribution in [-0.2, 0) is 16.1 Å². The minimum absolute atomic E-state index is 0.0825. The Labute approximate surface area is 93.6 Å². The summed E-state index contributed by atoms with van der Waals surface area (Å²) in [7, 11) is 1.46. The van der Waals surface area contributed by atoms with Crippen molar-refractivity contribution in [3.05, 3.63) is 17.5 Å². The van der Waals surface area contributed by atoms with Crippen molar-refractivity contribution in [2.75, 3.05) is 13.7 Å². The SMILES string of the molecule is COCC(C)(NCc1cc(C)on1)C(=O)O. The minimum Gasteiger partial charge on any atom is -0.480 e. The number of aryl methyl sites for hydroxylation is 1. The van der Waals surface area contributed by atoms with Gasteiger partial charge in [0.1, 0.15) is 11.3 Å². The standard InChI is InChI=1S/C10H16N2O4/c1-7-4-8(12-16-7)5-11-10(2,6-15-3)9(13)14/h4,11H,5-6H2,1-3H3,(H,13,14). The summed E-state index contributed by atoms with van der Waals surface area (Å²) in [6, 6.07) is 1.75. The highest BCUT2D eigenvalue weighted by Crippen LogP contribution is 2.08. The van der Waals surface area contributed by atoms with Crippen molar-refractivity contribution in [3.63, 3.8) is 0 Å². The topological polar surface area (TPSA) is 84.6 Å². The molecule has 1 heterocycles. The van der Waals surface area contributed by atoms with Crippen molar-refractivity contribution in [1.29, 1.82) is 0 Å². The van der Waals surface area contributed by atoms with Gasteiger partial charge in [0.2, 0.25) is 0 Å². The number of nitrogens with zero attached hydrogens (tertiary/aromatic N) is 1. The molecule has 0 saturated carbocycles. The highest BCUT2D eigenvalue weighted by atomic mass is 16.5. The average molecular weight is 228 g/mol. The number of nitrogens with one attached hydrogen (secondary N) is 1.